The summed E-state index contributed by atoms with van der Waals surface area (Å²) in [6.45, 7) is 0.595. The lowest BCUT2D eigenvalue weighted by molar-refractivity contribution is 0.102. The number of thioether (sulfide) groups is 1. The maximum Gasteiger partial charge on any atom is 0.259 e. The predicted molar refractivity (Wildman–Crippen MR) is 114 cm³/mol. The molecule has 2 heterocycles. The van der Waals surface area contributed by atoms with Crippen LogP contribution in [0.5, 0.6) is 0 Å². The molecule has 2 aromatic carbocycles. The molecule has 0 bridgehead atoms. The SMILES string of the molecule is O=C(Nc1nncn1Cc1ccccc1)c1ccccc1SCc1ccsc1. The summed E-state index contributed by atoms with van der Waals surface area (Å²) in [5, 5.41) is 15.1. The molecule has 140 valence electrons. The predicted octanol–water partition coefficient (Wildman–Crippen LogP) is 4.93. The molecule has 0 radical (unpaired) electrons. The van der Waals surface area contributed by atoms with Crippen molar-refractivity contribution in [3.63, 3.8) is 0 Å². The highest BCUT2D eigenvalue weighted by Crippen LogP contribution is 2.27. The smallest absolute Gasteiger partial charge is 0.259 e. The van der Waals surface area contributed by atoms with Crippen molar-refractivity contribution in [2.75, 3.05) is 5.32 Å². The molecule has 0 aliphatic carbocycles. The molecule has 0 spiro atoms. The lowest BCUT2D eigenvalue weighted by Crippen LogP contribution is -2.17. The molecular formula is C21H18N4OS2. The number of hydrogen-bond donors (Lipinski definition) is 1. The fraction of sp³-hybridized carbons (Fsp3) is 0.0952. The molecule has 7 heteroatoms. The summed E-state index contributed by atoms with van der Waals surface area (Å²) >= 11 is 3.34. The normalized spacial score (nSPS) is 10.7. The van der Waals surface area contributed by atoms with Crippen LogP contribution >= 0.6 is 23.1 Å². The van der Waals surface area contributed by atoms with Crippen molar-refractivity contribution in [2.45, 2.75) is 17.2 Å². The molecule has 1 N–H and O–H groups in total. The number of aromatic nitrogens is 3. The monoisotopic (exact) mass is 406 g/mol. The largest absolute Gasteiger partial charge is 0.295 e. The molecule has 4 aromatic rings. The zero-order chi connectivity index (χ0) is 19.2. The van der Waals surface area contributed by atoms with E-state index in [1.54, 1.807) is 29.4 Å². The zero-order valence-corrected chi connectivity index (χ0v) is 16.6. The van der Waals surface area contributed by atoms with Gasteiger partial charge in [-0.25, -0.2) is 0 Å². The summed E-state index contributed by atoms with van der Waals surface area (Å²) in [6.07, 6.45) is 1.62. The van der Waals surface area contributed by atoms with Gasteiger partial charge in [0.2, 0.25) is 5.95 Å². The summed E-state index contributed by atoms with van der Waals surface area (Å²) in [5.41, 5.74) is 3.01. The Kier molecular flexibility index (Phi) is 5.84. The minimum Gasteiger partial charge on any atom is -0.295 e. The van der Waals surface area contributed by atoms with E-state index in [0.29, 0.717) is 18.1 Å². The van der Waals surface area contributed by atoms with E-state index in [1.807, 2.05) is 59.2 Å². The first-order chi connectivity index (χ1) is 13.8. The Morgan fingerprint density at radius 1 is 1.04 bits per heavy atom. The Hall–Kier alpha value is -2.90. The van der Waals surface area contributed by atoms with E-state index in [1.165, 1.54) is 5.56 Å². The Bertz CT molecular complexity index is 1050. The van der Waals surface area contributed by atoms with Crippen molar-refractivity contribution < 1.29 is 4.79 Å². The number of nitrogens with one attached hydrogen (secondary N) is 1. The molecule has 0 saturated heterocycles. The van der Waals surface area contributed by atoms with Crippen molar-refractivity contribution in [1.29, 1.82) is 0 Å². The number of amides is 1. The third-order valence-electron chi connectivity index (χ3n) is 4.14. The standard InChI is InChI=1S/C21H18N4OS2/c26-20(18-8-4-5-9-19(18)28-14-17-10-11-27-13-17)23-21-24-22-15-25(21)12-16-6-2-1-3-7-16/h1-11,13,15H,12,14H2,(H,23,24,26). The first-order valence-electron chi connectivity index (χ1n) is 8.75. The Morgan fingerprint density at radius 3 is 2.68 bits per heavy atom. The first kappa shape index (κ1) is 18.5. The topological polar surface area (TPSA) is 59.8 Å². The molecule has 5 nitrogen and oxygen atoms in total. The third kappa shape index (κ3) is 4.49. The number of benzene rings is 2. The average Bonchev–Trinajstić information content (AvgIpc) is 3.40. The van der Waals surface area contributed by atoms with Gasteiger partial charge in [-0.1, -0.05) is 42.5 Å². The molecule has 1 amide bonds. The Balaban J connectivity index is 1.48. The minimum atomic E-state index is -0.185. The van der Waals surface area contributed by atoms with Crippen molar-refractivity contribution in [1.82, 2.24) is 14.8 Å². The van der Waals surface area contributed by atoms with Crippen LogP contribution in [-0.2, 0) is 12.3 Å². The second-order valence-electron chi connectivity index (χ2n) is 6.14. The maximum atomic E-state index is 12.9. The highest BCUT2D eigenvalue weighted by atomic mass is 32.2. The van der Waals surface area contributed by atoms with Gasteiger partial charge in [0.15, 0.2) is 0 Å². The van der Waals surface area contributed by atoms with Crippen LogP contribution in [0, 0.1) is 0 Å². The molecular weight excluding hydrogens is 388 g/mol. The minimum absolute atomic E-state index is 0.185. The van der Waals surface area contributed by atoms with Crippen molar-refractivity contribution >= 4 is 35.0 Å². The molecule has 0 atom stereocenters. The van der Waals surface area contributed by atoms with E-state index in [4.69, 9.17) is 0 Å². The highest BCUT2D eigenvalue weighted by molar-refractivity contribution is 7.98. The van der Waals surface area contributed by atoms with Crippen molar-refractivity contribution in [3.05, 3.63) is 94.4 Å². The van der Waals surface area contributed by atoms with Crippen molar-refractivity contribution in [3.8, 4) is 0 Å². The van der Waals surface area contributed by atoms with Crippen LogP contribution in [0.2, 0.25) is 0 Å². The number of nitrogens with zero attached hydrogens (tertiary/aromatic N) is 3. The lowest BCUT2D eigenvalue weighted by Gasteiger charge is -2.10. The van der Waals surface area contributed by atoms with E-state index in [9.17, 15) is 4.79 Å². The summed E-state index contributed by atoms with van der Waals surface area (Å²) < 4.78 is 1.83. The van der Waals surface area contributed by atoms with Crippen LogP contribution < -0.4 is 5.32 Å². The second kappa shape index (κ2) is 8.86. The molecule has 0 aliphatic rings. The molecule has 0 aliphatic heterocycles. The van der Waals surface area contributed by atoms with Gasteiger partial charge in [0.25, 0.3) is 5.91 Å². The van der Waals surface area contributed by atoms with E-state index in [-0.39, 0.29) is 5.91 Å². The number of anilines is 1. The lowest BCUT2D eigenvalue weighted by atomic mass is 10.2. The summed E-state index contributed by atoms with van der Waals surface area (Å²) in [6, 6.07) is 19.7. The van der Waals surface area contributed by atoms with Gasteiger partial charge >= 0.3 is 0 Å². The third-order valence-corrected chi connectivity index (χ3v) is 6.02. The van der Waals surface area contributed by atoms with Gasteiger partial charge in [0.05, 0.1) is 12.1 Å². The molecule has 4 rings (SSSR count). The molecule has 28 heavy (non-hydrogen) atoms. The number of rotatable bonds is 7. The van der Waals surface area contributed by atoms with Gasteiger partial charge in [-0.05, 0) is 40.1 Å². The van der Waals surface area contributed by atoms with Crippen LogP contribution in [0.3, 0.4) is 0 Å². The van der Waals surface area contributed by atoms with Gasteiger partial charge in [0, 0.05) is 10.6 Å². The molecule has 0 unspecified atom stereocenters. The van der Waals surface area contributed by atoms with Crippen LogP contribution in [-0.4, -0.2) is 20.7 Å². The van der Waals surface area contributed by atoms with Crippen LogP contribution in [0.4, 0.5) is 5.95 Å². The number of carbonyl (C=O) groups excluding carboxylic acids is 1. The number of carbonyl (C=O) groups is 1. The molecule has 2 aromatic heterocycles. The fourth-order valence-corrected chi connectivity index (χ4v) is 4.50. The zero-order valence-electron chi connectivity index (χ0n) is 15.0. The average molecular weight is 407 g/mol. The number of thiophene rings is 1. The summed E-state index contributed by atoms with van der Waals surface area (Å²) in [4.78, 5) is 13.8. The van der Waals surface area contributed by atoms with Gasteiger partial charge in [0.1, 0.15) is 6.33 Å². The highest BCUT2D eigenvalue weighted by Gasteiger charge is 2.15. The summed E-state index contributed by atoms with van der Waals surface area (Å²) in [7, 11) is 0. The van der Waals surface area contributed by atoms with Gasteiger partial charge in [-0.2, -0.15) is 11.3 Å². The molecule has 0 fully saturated rings. The van der Waals surface area contributed by atoms with Gasteiger partial charge < -0.3 is 0 Å². The van der Waals surface area contributed by atoms with Crippen molar-refractivity contribution in [2.24, 2.45) is 0 Å². The first-order valence-corrected chi connectivity index (χ1v) is 10.7. The van der Waals surface area contributed by atoms with Crippen LogP contribution in [0.25, 0.3) is 0 Å². The Morgan fingerprint density at radius 2 is 1.86 bits per heavy atom. The molecule has 0 saturated carbocycles. The summed E-state index contributed by atoms with van der Waals surface area (Å²) in [5.74, 6) is 1.08. The second-order valence-corrected chi connectivity index (χ2v) is 7.94. The quantitative estimate of drug-likeness (QED) is 0.442. The van der Waals surface area contributed by atoms with Crippen LogP contribution in [0.1, 0.15) is 21.5 Å². The van der Waals surface area contributed by atoms with E-state index < -0.39 is 0 Å². The fourth-order valence-electron chi connectivity index (χ4n) is 2.73. The van der Waals surface area contributed by atoms with E-state index in [2.05, 4.69) is 32.3 Å². The van der Waals surface area contributed by atoms with Crippen LogP contribution in [0.15, 0.2) is 82.6 Å². The maximum absolute atomic E-state index is 12.9. The van der Waals surface area contributed by atoms with E-state index >= 15 is 0 Å². The number of hydrogen-bond acceptors (Lipinski definition) is 5. The Labute approximate surface area is 171 Å². The van der Waals surface area contributed by atoms with E-state index in [0.717, 1.165) is 16.2 Å². The van der Waals surface area contributed by atoms with Gasteiger partial charge in [-0.3, -0.25) is 14.7 Å². The van der Waals surface area contributed by atoms with Gasteiger partial charge in [-0.15, -0.1) is 22.0 Å².